The SMILES string of the molecule is O=C(CSc1cccc(NC(=O)/C(=C/c2ccsc2)NC(=O)c2ccccc2)c1)Nc1nc2ccccc2s1. The van der Waals surface area contributed by atoms with Gasteiger partial charge in [-0.05, 0) is 70.9 Å². The molecule has 0 saturated carbocycles. The molecule has 0 unspecified atom stereocenters. The molecule has 0 spiro atoms. The third kappa shape index (κ3) is 7.20. The van der Waals surface area contributed by atoms with Crippen LogP contribution in [0.1, 0.15) is 15.9 Å². The molecule has 0 aliphatic carbocycles. The maximum atomic E-state index is 13.2. The van der Waals surface area contributed by atoms with E-state index in [4.69, 9.17) is 0 Å². The maximum Gasteiger partial charge on any atom is 0.272 e. The van der Waals surface area contributed by atoms with Gasteiger partial charge < -0.3 is 16.0 Å². The first kappa shape index (κ1) is 26.4. The Hall–Kier alpha value is -4.25. The fourth-order valence-corrected chi connectivity index (χ4v) is 5.81. The second-order valence-electron chi connectivity index (χ2n) is 8.24. The monoisotopic (exact) mass is 570 g/mol. The Balaban J connectivity index is 1.22. The highest BCUT2D eigenvalue weighted by atomic mass is 32.2. The van der Waals surface area contributed by atoms with E-state index in [-0.39, 0.29) is 23.3 Å². The molecule has 3 aromatic carbocycles. The van der Waals surface area contributed by atoms with Crippen LogP contribution in [-0.4, -0.2) is 28.5 Å². The molecule has 7 nitrogen and oxygen atoms in total. The minimum atomic E-state index is -0.457. The van der Waals surface area contributed by atoms with E-state index >= 15 is 0 Å². The molecule has 0 bridgehead atoms. The Labute approximate surface area is 237 Å². The maximum absolute atomic E-state index is 13.2. The van der Waals surface area contributed by atoms with Gasteiger partial charge >= 0.3 is 0 Å². The van der Waals surface area contributed by atoms with Crippen LogP contribution in [-0.2, 0) is 9.59 Å². The van der Waals surface area contributed by atoms with Crippen LogP contribution in [0.2, 0.25) is 0 Å². The number of amides is 3. The molecule has 5 aromatic rings. The molecule has 0 aliphatic rings. The first-order valence-electron chi connectivity index (χ1n) is 11.8. The summed E-state index contributed by atoms with van der Waals surface area (Å²) in [6.07, 6.45) is 1.64. The molecule has 0 aliphatic heterocycles. The van der Waals surface area contributed by atoms with Gasteiger partial charge in [0.25, 0.3) is 11.8 Å². The highest BCUT2D eigenvalue weighted by Crippen LogP contribution is 2.26. The van der Waals surface area contributed by atoms with Gasteiger partial charge in [-0.25, -0.2) is 4.98 Å². The zero-order chi connectivity index (χ0) is 27.0. The number of thiophene rings is 1. The fourth-order valence-electron chi connectivity index (χ4n) is 3.56. The Morgan fingerprint density at radius 2 is 1.72 bits per heavy atom. The van der Waals surface area contributed by atoms with Gasteiger partial charge in [0.05, 0.1) is 16.0 Å². The number of nitrogens with one attached hydrogen (secondary N) is 3. The highest BCUT2D eigenvalue weighted by Gasteiger charge is 2.16. The summed E-state index contributed by atoms with van der Waals surface area (Å²) in [7, 11) is 0. The van der Waals surface area contributed by atoms with Crippen molar-refractivity contribution in [1.29, 1.82) is 0 Å². The standard InChI is InChI=1S/C29H22N4O3S3/c34-26(33-29-32-23-11-4-5-12-25(23)39-29)18-38-22-10-6-9-21(16-22)30-28(36)24(15-19-13-14-37-17-19)31-27(35)20-7-2-1-3-8-20/h1-17H,18H2,(H,30,36)(H,31,35)(H,32,33,34)/b24-15-. The van der Waals surface area contributed by atoms with E-state index in [0.717, 1.165) is 20.7 Å². The summed E-state index contributed by atoms with van der Waals surface area (Å²) in [6, 6.07) is 25.5. The normalized spacial score (nSPS) is 11.2. The molecule has 0 fully saturated rings. The third-order valence-electron chi connectivity index (χ3n) is 5.39. The molecule has 2 heterocycles. The lowest BCUT2D eigenvalue weighted by Gasteiger charge is -2.12. The number of benzene rings is 3. The van der Waals surface area contributed by atoms with Gasteiger partial charge in [0.15, 0.2) is 5.13 Å². The second-order valence-corrected chi connectivity index (χ2v) is 11.1. The summed E-state index contributed by atoms with van der Waals surface area (Å²) in [5, 5.41) is 12.8. The molecule has 0 atom stereocenters. The summed E-state index contributed by atoms with van der Waals surface area (Å²) in [5.41, 5.74) is 2.77. The number of carbonyl (C=O) groups is 3. The molecule has 0 radical (unpaired) electrons. The van der Waals surface area contributed by atoms with Gasteiger partial charge in [-0.15, -0.1) is 11.8 Å². The summed E-state index contributed by atoms with van der Waals surface area (Å²) in [6.45, 7) is 0. The second kappa shape index (κ2) is 12.5. The van der Waals surface area contributed by atoms with Gasteiger partial charge in [0.1, 0.15) is 5.70 Å². The number of hydrogen-bond donors (Lipinski definition) is 3. The van der Waals surface area contributed by atoms with Crippen molar-refractivity contribution < 1.29 is 14.4 Å². The number of thiazole rings is 1. The number of carbonyl (C=O) groups excluding carboxylic acids is 3. The summed E-state index contributed by atoms with van der Waals surface area (Å²) >= 11 is 4.27. The van der Waals surface area contributed by atoms with E-state index in [1.165, 1.54) is 34.4 Å². The van der Waals surface area contributed by atoms with E-state index in [1.807, 2.05) is 53.2 Å². The van der Waals surface area contributed by atoms with Crippen LogP contribution < -0.4 is 16.0 Å². The van der Waals surface area contributed by atoms with Crippen molar-refractivity contribution in [2.24, 2.45) is 0 Å². The van der Waals surface area contributed by atoms with E-state index < -0.39 is 5.91 Å². The largest absolute Gasteiger partial charge is 0.321 e. The van der Waals surface area contributed by atoms with E-state index in [9.17, 15) is 14.4 Å². The van der Waals surface area contributed by atoms with Crippen LogP contribution in [0.25, 0.3) is 16.3 Å². The summed E-state index contributed by atoms with van der Waals surface area (Å²) in [5.74, 6) is -0.820. The van der Waals surface area contributed by atoms with Crippen LogP contribution in [0, 0.1) is 0 Å². The van der Waals surface area contributed by atoms with Crippen molar-refractivity contribution in [3.63, 3.8) is 0 Å². The molecule has 3 amide bonds. The summed E-state index contributed by atoms with van der Waals surface area (Å²) in [4.78, 5) is 43.7. The molecular weight excluding hydrogens is 549 g/mol. The molecule has 3 N–H and O–H groups in total. The number of aromatic nitrogens is 1. The smallest absolute Gasteiger partial charge is 0.272 e. The third-order valence-corrected chi connectivity index (χ3v) is 8.03. The number of para-hydroxylation sites is 1. The Kier molecular flexibility index (Phi) is 8.47. The highest BCUT2D eigenvalue weighted by molar-refractivity contribution is 8.00. The number of fused-ring (bicyclic) bond motifs is 1. The van der Waals surface area contributed by atoms with E-state index in [1.54, 1.807) is 48.5 Å². The zero-order valence-electron chi connectivity index (χ0n) is 20.4. The number of rotatable bonds is 9. The van der Waals surface area contributed by atoms with Crippen molar-refractivity contribution in [2.45, 2.75) is 4.90 Å². The van der Waals surface area contributed by atoms with Crippen LogP contribution in [0.15, 0.2) is 106 Å². The molecule has 39 heavy (non-hydrogen) atoms. The average Bonchev–Trinajstić information content (AvgIpc) is 3.61. The first-order valence-corrected chi connectivity index (χ1v) is 14.6. The van der Waals surface area contributed by atoms with Crippen molar-refractivity contribution in [2.75, 3.05) is 16.4 Å². The predicted octanol–water partition coefficient (Wildman–Crippen LogP) is 6.50. The van der Waals surface area contributed by atoms with Crippen molar-refractivity contribution in [3.8, 4) is 0 Å². The van der Waals surface area contributed by atoms with Gasteiger partial charge in [0, 0.05) is 16.1 Å². The summed E-state index contributed by atoms with van der Waals surface area (Å²) < 4.78 is 1.01. The van der Waals surface area contributed by atoms with Crippen LogP contribution >= 0.6 is 34.4 Å². The molecule has 0 saturated heterocycles. The average molecular weight is 571 g/mol. The Morgan fingerprint density at radius 3 is 2.51 bits per heavy atom. The Morgan fingerprint density at radius 1 is 0.897 bits per heavy atom. The first-order chi connectivity index (χ1) is 19.0. The number of hydrogen-bond acceptors (Lipinski definition) is 7. The van der Waals surface area contributed by atoms with E-state index in [2.05, 4.69) is 20.9 Å². The fraction of sp³-hybridized carbons (Fsp3) is 0.0345. The number of nitrogens with zero attached hydrogens (tertiary/aromatic N) is 1. The molecule has 2 aromatic heterocycles. The van der Waals surface area contributed by atoms with Gasteiger partial charge in [-0.2, -0.15) is 11.3 Å². The Bertz CT molecular complexity index is 1610. The molecule has 10 heteroatoms. The zero-order valence-corrected chi connectivity index (χ0v) is 22.9. The minimum Gasteiger partial charge on any atom is -0.321 e. The van der Waals surface area contributed by atoms with E-state index in [0.29, 0.717) is 16.4 Å². The van der Waals surface area contributed by atoms with Crippen molar-refractivity contribution in [1.82, 2.24) is 10.3 Å². The van der Waals surface area contributed by atoms with Crippen molar-refractivity contribution >= 4 is 79.3 Å². The van der Waals surface area contributed by atoms with Crippen molar-refractivity contribution in [3.05, 3.63) is 113 Å². The minimum absolute atomic E-state index is 0.121. The number of thioether (sulfide) groups is 1. The molecule has 194 valence electrons. The van der Waals surface area contributed by atoms with Gasteiger partial charge in [0.2, 0.25) is 5.91 Å². The van der Waals surface area contributed by atoms with Crippen LogP contribution in [0.3, 0.4) is 0 Å². The molecular formula is C29H22N4O3S3. The number of anilines is 2. The predicted molar refractivity (Wildman–Crippen MR) is 160 cm³/mol. The lowest BCUT2D eigenvalue weighted by molar-refractivity contribution is -0.114. The quantitative estimate of drug-likeness (QED) is 0.139. The topological polar surface area (TPSA) is 100 Å². The van der Waals surface area contributed by atoms with Gasteiger partial charge in [-0.1, -0.05) is 47.7 Å². The molecule has 5 rings (SSSR count). The lowest BCUT2D eigenvalue weighted by atomic mass is 10.2. The lowest BCUT2D eigenvalue weighted by Crippen LogP contribution is -2.30. The van der Waals surface area contributed by atoms with Crippen LogP contribution in [0.4, 0.5) is 10.8 Å². The van der Waals surface area contributed by atoms with Gasteiger partial charge in [-0.3, -0.25) is 14.4 Å². The van der Waals surface area contributed by atoms with Crippen LogP contribution in [0.5, 0.6) is 0 Å².